The summed E-state index contributed by atoms with van der Waals surface area (Å²) in [6.45, 7) is 11.7. The summed E-state index contributed by atoms with van der Waals surface area (Å²) in [5, 5.41) is 8.15. The van der Waals surface area contributed by atoms with Gasteiger partial charge in [-0.3, -0.25) is 14.8 Å². The van der Waals surface area contributed by atoms with Crippen LogP contribution in [0.15, 0.2) is 30.9 Å². The van der Waals surface area contributed by atoms with E-state index in [4.69, 9.17) is 15.5 Å². The van der Waals surface area contributed by atoms with Gasteiger partial charge in [0.05, 0.1) is 24.0 Å². The van der Waals surface area contributed by atoms with Crippen LogP contribution in [0, 0.1) is 19.7 Å². The van der Waals surface area contributed by atoms with Crippen LogP contribution in [0.5, 0.6) is 6.01 Å². The highest BCUT2D eigenvalue weighted by atomic mass is 19.3. The lowest BCUT2D eigenvalue weighted by atomic mass is 9.91. The molecule has 2 fully saturated rings. The number of benzene rings is 2. The first-order chi connectivity index (χ1) is 20.9. The van der Waals surface area contributed by atoms with E-state index in [0.29, 0.717) is 51.9 Å². The van der Waals surface area contributed by atoms with Crippen LogP contribution in [0.4, 0.5) is 24.8 Å². The highest BCUT2D eigenvalue weighted by molar-refractivity contribution is 6.06. The summed E-state index contributed by atoms with van der Waals surface area (Å²) >= 11 is 0. The Morgan fingerprint density at radius 1 is 1.16 bits per heavy atom. The van der Waals surface area contributed by atoms with E-state index in [2.05, 4.69) is 21.8 Å². The molecule has 2 aliphatic rings. The third-order valence-corrected chi connectivity index (χ3v) is 8.57. The number of halogens is 3. The number of aromatic nitrogens is 4. The van der Waals surface area contributed by atoms with Crippen molar-refractivity contribution in [2.75, 3.05) is 50.0 Å². The van der Waals surface area contributed by atoms with Crippen LogP contribution < -0.4 is 15.4 Å². The molecule has 44 heavy (non-hydrogen) atoms. The van der Waals surface area contributed by atoms with Crippen LogP contribution in [0.25, 0.3) is 32.9 Å². The van der Waals surface area contributed by atoms with Crippen LogP contribution in [-0.4, -0.2) is 93.2 Å². The molecule has 0 unspecified atom stereocenters. The maximum Gasteiger partial charge on any atom is 0.319 e. The van der Waals surface area contributed by atoms with E-state index < -0.39 is 11.7 Å². The van der Waals surface area contributed by atoms with Gasteiger partial charge in [0, 0.05) is 48.2 Å². The molecule has 4 heterocycles. The van der Waals surface area contributed by atoms with Crippen LogP contribution in [0.2, 0.25) is 0 Å². The second kappa shape index (κ2) is 11.0. The monoisotopic (exact) mass is 608 g/mol. The Morgan fingerprint density at radius 2 is 1.91 bits per heavy atom. The fourth-order valence-electron chi connectivity index (χ4n) is 6.35. The number of rotatable bonds is 7. The van der Waals surface area contributed by atoms with E-state index in [-0.39, 0.29) is 61.6 Å². The third kappa shape index (κ3) is 5.08. The summed E-state index contributed by atoms with van der Waals surface area (Å²) in [4.78, 5) is 27.1. The number of nitrogens with one attached hydrogen (secondary N) is 1. The molecule has 10 nitrogen and oxygen atoms in total. The maximum atomic E-state index is 16.9. The first-order valence-corrected chi connectivity index (χ1v) is 14.6. The fourth-order valence-corrected chi connectivity index (χ4v) is 6.35. The molecule has 3 N–H and O–H groups in total. The standard InChI is InChI=1S/C31H35F3N8O2/c1-6-22(43)41-12-19(5)42(13-18(41)4)29-20-11-17(3)24(23-16(2)7-8-21-25(23)28(35)39-38-21)26(32)27(20)36-30(37-29)44-10-9-40-14-31(33,34)15-40/h6-8,11,18-19H,1,9-10,12-15H2,2-5H3,(H3,35,38,39)/t18-,19+/m1/s1. The molecule has 232 valence electrons. The van der Waals surface area contributed by atoms with Crippen molar-refractivity contribution in [3.8, 4) is 17.1 Å². The SMILES string of the molecule is C=CC(=O)N1C[C@H](C)N(c2nc(OCCN3CC(F)(F)C3)nc3c(F)c(-c4c(C)ccc5[nH]nc(N)c45)c(C)cc23)C[C@H]1C. The Hall–Kier alpha value is -4.39. The minimum absolute atomic E-state index is 0.0545. The third-order valence-electron chi connectivity index (χ3n) is 8.57. The fraction of sp³-hybridized carbons (Fsp3) is 0.419. The number of likely N-dealkylation sites (tertiary alicyclic amines) is 1. The van der Waals surface area contributed by atoms with Crippen molar-refractivity contribution in [2.45, 2.75) is 45.7 Å². The van der Waals surface area contributed by atoms with Gasteiger partial charge in [0.25, 0.3) is 5.92 Å². The van der Waals surface area contributed by atoms with Crippen molar-refractivity contribution >= 4 is 39.3 Å². The van der Waals surface area contributed by atoms with Crippen molar-refractivity contribution in [1.82, 2.24) is 30.0 Å². The van der Waals surface area contributed by atoms with E-state index in [1.165, 1.54) is 6.08 Å². The molecule has 13 heteroatoms. The molecule has 0 saturated carbocycles. The Balaban J connectivity index is 1.47. The van der Waals surface area contributed by atoms with Crippen LogP contribution in [0.1, 0.15) is 25.0 Å². The Bertz CT molecular complexity index is 1780. The number of aryl methyl sites for hydroxylation is 2. The van der Waals surface area contributed by atoms with Crippen molar-refractivity contribution in [3.05, 3.63) is 47.8 Å². The number of ether oxygens (including phenoxy) is 1. The summed E-state index contributed by atoms with van der Waals surface area (Å²) in [6, 6.07) is 5.19. The van der Waals surface area contributed by atoms with Gasteiger partial charge < -0.3 is 20.3 Å². The van der Waals surface area contributed by atoms with Gasteiger partial charge in [-0.2, -0.15) is 15.1 Å². The molecule has 2 aromatic heterocycles. The van der Waals surface area contributed by atoms with Gasteiger partial charge in [-0.05, 0) is 57.0 Å². The van der Waals surface area contributed by atoms with Crippen molar-refractivity contribution in [2.24, 2.45) is 0 Å². The predicted octanol–water partition coefficient (Wildman–Crippen LogP) is 4.45. The summed E-state index contributed by atoms with van der Waals surface area (Å²) in [5.74, 6) is -2.68. The topological polar surface area (TPSA) is 116 Å². The molecule has 6 rings (SSSR count). The quantitative estimate of drug-likeness (QED) is 0.296. The second-order valence-corrected chi connectivity index (χ2v) is 11.9. The lowest BCUT2D eigenvalue weighted by Gasteiger charge is -2.44. The zero-order chi connectivity index (χ0) is 31.5. The van der Waals surface area contributed by atoms with Crippen molar-refractivity contribution in [3.63, 3.8) is 0 Å². The molecule has 2 atom stereocenters. The molecule has 4 aromatic rings. The molecule has 2 aliphatic heterocycles. The number of amides is 1. The highest BCUT2D eigenvalue weighted by Gasteiger charge is 2.43. The molecule has 1 amide bonds. The molecular weight excluding hydrogens is 573 g/mol. The largest absolute Gasteiger partial charge is 0.462 e. The minimum atomic E-state index is -2.69. The maximum absolute atomic E-state index is 16.9. The minimum Gasteiger partial charge on any atom is -0.462 e. The van der Waals surface area contributed by atoms with Gasteiger partial charge in [0.1, 0.15) is 17.9 Å². The smallest absolute Gasteiger partial charge is 0.319 e. The van der Waals surface area contributed by atoms with Gasteiger partial charge in [-0.25, -0.2) is 13.2 Å². The number of carbonyl (C=O) groups is 1. The predicted molar refractivity (Wildman–Crippen MR) is 164 cm³/mol. The average Bonchev–Trinajstić information content (AvgIpc) is 3.34. The van der Waals surface area contributed by atoms with Crippen molar-refractivity contribution < 1.29 is 22.7 Å². The number of H-pyrrole nitrogens is 1. The molecule has 2 aromatic carbocycles. The van der Waals surface area contributed by atoms with E-state index in [1.807, 2.05) is 50.8 Å². The number of anilines is 2. The molecule has 2 saturated heterocycles. The normalized spacial score (nSPS) is 20.2. The Labute approximate surface area is 252 Å². The van der Waals surface area contributed by atoms with E-state index in [1.54, 1.807) is 9.80 Å². The molecule has 0 bridgehead atoms. The zero-order valence-corrected chi connectivity index (χ0v) is 25.1. The van der Waals surface area contributed by atoms with Crippen molar-refractivity contribution in [1.29, 1.82) is 0 Å². The summed E-state index contributed by atoms with van der Waals surface area (Å²) < 4.78 is 49.4. The number of nitrogen functional groups attached to an aromatic ring is 1. The highest BCUT2D eigenvalue weighted by Crippen LogP contribution is 2.42. The molecule has 0 spiro atoms. The Kier molecular flexibility index (Phi) is 7.39. The van der Waals surface area contributed by atoms with Gasteiger partial charge >= 0.3 is 6.01 Å². The van der Waals surface area contributed by atoms with Crippen LogP contribution >= 0.6 is 0 Å². The number of aromatic amines is 1. The zero-order valence-electron chi connectivity index (χ0n) is 25.1. The number of hydrogen-bond donors (Lipinski definition) is 2. The van der Waals surface area contributed by atoms with E-state index in [9.17, 15) is 13.6 Å². The number of piperazine rings is 1. The number of carbonyl (C=O) groups excluding carboxylic acids is 1. The number of nitrogens with two attached hydrogens (primary N) is 1. The lowest BCUT2D eigenvalue weighted by Crippen LogP contribution is -2.58. The molecular formula is C31H35F3N8O2. The number of fused-ring (bicyclic) bond motifs is 2. The molecule has 0 aliphatic carbocycles. The number of alkyl halides is 2. The first-order valence-electron chi connectivity index (χ1n) is 14.6. The lowest BCUT2D eigenvalue weighted by molar-refractivity contribution is -0.132. The van der Waals surface area contributed by atoms with Gasteiger partial charge in [-0.15, -0.1) is 0 Å². The number of hydrogen-bond acceptors (Lipinski definition) is 8. The summed E-state index contributed by atoms with van der Waals surface area (Å²) in [7, 11) is 0. The first kappa shape index (κ1) is 29.7. The summed E-state index contributed by atoms with van der Waals surface area (Å²) in [5.41, 5.74) is 9.39. The number of nitrogens with zero attached hydrogens (tertiary/aromatic N) is 6. The molecule has 0 radical (unpaired) electrons. The van der Waals surface area contributed by atoms with Crippen LogP contribution in [0.3, 0.4) is 0 Å². The van der Waals surface area contributed by atoms with Gasteiger partial charge in [0.15, 0.2) is 11.6 Å². The summed E-state index contributed by atoms with van der Waals surface area (Å²) in [6.07, 6.45) is 1.30. The van der Waals surface area contributed by atoms with E-state index in [0.717, 1.165) is 5.56 Å². The Morgan fingerprint density at radius 3 is 2.61 bits per heavy atom. The van der Waals surface area contributed by atoms with Crippen LogP contribution in [-0.2, 0) is 4.79 Å². The van der Waals surface area contributed by atoms with E-state index >= 15 is 4.39 Å². The van der Waals surface area contributed by atoms with Gasteiger partial charge in [0.2, 0.25) is 5.91 Å². The van der Waals surface area contributed by atoms with Gasteiger partial charge in [-0.1, -0.05) is 12.6 Å². The second-order valence-electron chi connectivity index (χ2n) is 11.9. The average molecular weight is 609 g/mol.